The van der Waals surface area contributed by atoms with Gasteiger partial charge in [-0.25, -0.2) is 4.79 Å². The van der Waals surface area contributed by atoms with Crippen LogP contribution in [0.1, 0.15) is 22.2 Å². The fourth-order valence-corrected chi connectivity index (χ4v) is 2.37. The van der Waals surface area contributed by atoms with Crippen LogP contribution in [0.25, 0.3) is 0 Å². The van der Waals surface area contributed by atoms with Crippen LogP contribution < -0.4 is 9.47 Å². The number of esters is 1. The Kier molecular flexibility index (Phi) is 4.98. The number of hydrogen-bond acceptors (Lipinski definition) is 6. The molecule has 1 fully saturated rings. The van der Waals surface area contributed by atoms with E-state index < -0.39 is 5.97 Å². The van der Waals surface area contributed by atoms with Crippen molar-refractivity contribution >= 4 is 5.97 Å². The van der Waals surface area contributed by atoms with Gasteiger partial charge >= 0.3 is 5.97 Å². The molecule has 6 heteroatoms. The lowest BCUT2D eigenvalue weighted by molar-refractivity contribution is -0.0442. The maximum atomic E-state index is 11.5. The van der Waals surface area contributed by atoms with Crippen LogP contribution in [0.5, 0.6) is 17.2 Å². The molecule has 0 bridgehead atoms. The molecular formula is C18H18O6. The minimum Gasteiger partial charge on any atom is -0.493 e. The van der Waals surface area contributed by atoms with Gasteiger partial charge in [-0.2, -0.15) is 0 Å². The van der Waals surface area contributed by atoms with E-state index in [0.717, 1.165) is 5.56 Å². The Morgan fingerprint density at radius 1 is 1.00 bits per heavy atom. The van der Waals surface area contributed by atoms with Gasteiger partial charge in [0.2, 0.25) is 0 Å². The summed E-state index contributed by atoms with van der Waals surface area (Å²) in [6, 6.07) is 12.2. The lowest BCUT2D eigenvalue weighted by atomic mass is 10.2. The highest BCUT2D eigenvalue weighted by Crippen LogP contribution is 2.35. The largest absolute Gasteiger partial charge is 0.493 e. The lowest BCUT2D eigenvalue weighted by Crippen LogP contribution is -2.01. The van der Waals surface area contributed by atoms with Crippen LogP contribution in [-0.4, -0.2) is 33.4 Å². The van der Waals surface area contributed by atoms with Gasteiger partial charge in [-0.1, -0.05) is 6.07 Å². The number of carbonyl (C=O) groups excluding carboxylic acids is 1. The third-order valence-electron chi connectivity index (χ3n) is 3.58. The van der Waals surface area contributed by atoms with Crippen LogP contribution in [0.15, 0.2) is 42.5 Å². The Bertz CT molecular complexity index is 704. The van der Waals surface area contributed by atoms with Crippen molar-refractivity contribution in [3.8, 4) is 17.2 Å². The molecule has 1 aliphatic heterocycles. The van der Waals surface area contributed by atoms with E-state index in [0.29, 0.717) is 36.0 Å². The van der Waals surface area contributed by atoms with Crippen molar-refractivity contribution in [3.05, 3.63) is 53.6 Å². The molecule has 0 amide bonds. The average molecular weight is 330 g/mol. The van der Waals surface area contributed by atoms with Gasteiger partial charge in [-0.3, -0.25) is 0 Å². The van der Waals surface area contributed by atoms with Crippen molar-refractivity contribution < 1.29 is 28.5 Å². The summed E-state index contributed by atoms with van der Waals surface area (Å²) >= 11 is 0. The first-order chi connectivity index (χ1) is 11.7. The monoisotopic (exact) mass is 330 g/mol. The van der Waals surface area contributed by atoms with Crippen molar-refractivity contribution in [2.24, 2.45) is 0 Å². The normalized spacial score (nSPS) is 14.4. The van der Waals surface area contributed by atoms with Gasteiger partial charge in [-0.05, 0) is 36.4 Å². The molecule has 126 valence electrons. The standard InChI is InChI=1S/C18H18O6/c1-20-15-8-5-13(18-22-9-10-23-18)11-16(15)24-14-6-3-12(4-7-14)17(19)21-2/h3-8,11,18H,9-10H2,1-2H3. The molecule has 3 rings (SSSR count). The summed E-state index contributed by atoms with van der Waals surface area (Å²) in [5.74, 6) is 1.32. The second-order valence-electron chi connectivity index (χ2n) is 5.10. The summed E-state index contributed by atoms with van der Waals surface area (Å²) in [6.45, 7) is 1.14. The minimum atomic E-state index is -0.392. The van der Waals surface area contributed by atoms with Crippen molar-refractivity contribution in [1.29, 1.82) is 0 Å². The van der Waals surface area contributed by atoms with E-state index in [1.54, 1.807) is 37.4 Å². The summed E-state index contributed by atoms with van der Waals surface area (Å²) in [7, 11) is 2.92. The zero-order valence-electron chi connectivity index (χ0n) is 13.5. The van der Waals surface area contributed by atoms with Crippen molar-refractivity contribution in [3.63, 3.8) is 0 Å². The highest BCUT2D eigenvalue weighted by atomic mass is 16.7. The maximum absolute atomic E-state index is 11.5. The minimum absolute atomic E-state index is 0.389. The smallest absolute Gasteiger partial charge is 0.337 e. The van der Waals surface area contributed by atoms with Gasteiger partial charge in [0.25, 0.3) is 0 Å². The van der Waals surface area contributed by atoms with E-state index in [2.05, 4.69) is 4.74 Å². The molecule has 0 saturated carbocycles. The predicted octanol–water partition coefficient (Wildman–Crippen LogP) is 3.32. The molecule has 2 aromatic carbocycles. The highest BCUT2D eigenvalue weighted by molar-refractivity contribution is 5.89. The average Bonchev–Trinajstić information content (AvgIpc) is 3.16. The molecule has 0 spiro atoms. The zero-order chi connectivity index (χ0) is 16.9. The Morgan fingerprint density at radius 3 is 2.33 bits per heavy atom. The molecule has 6 nitrogen and oxygen atoms in total. The number of carbonyl (C=O) groups is 1. The van der Waals surface area contributed by atoms with E-state index in [-0.39, 0.29) is 6.29 Å². The summed E-state index contributed by atoms with van der Waals surface area (Å²) in [5.41, 5.74) is 1.31. The first kappa shape index (κ1) is 16.3. The van der Waals surface area contributed by atoms with Gasteiger partial charge in [0, 0.05) is 5.56 Å². The number of hydrogen-bond donors (Lipinski definition) is 0. The van der Waals surface area contributed by atoms with Crippen LogP contribution in [0.3, 0.4) is 0 Å². The molecule has 0 radical (unpaired) electrons. The summed E-state index contributed by atoms with van der Waals surface area (Å²) in [4.78, 5) is 11.5. The van der Waals surface area contributed by atoms with E-state index in [1.807, 2.05) is 12.1 Å². The van der Waals surface area contributed by atoms with Crippen LogP contribution in [0.2, 0.25) is 0 Å². The number of methoxy groups -OCH3 is 2. The van der Waals surface area contributed by atoms with E-state index in [4.69, 9.17) is 18.9 Å². The first-order valence-electron chi connectivity index (χ1n) is 7.48. The Hall–Kier alpha value is -2.57. The molecule has 0 unspecified atom stereocenters. The Labute approximate surface area is 139 Å². The molecule has 1 heterocycles. The van der Waals surface area contributed by atoms with E-state index in [9.17, 15) is 4.79 Å². The molecule has 2 aromatic rings. The van der Waals surface area contributed by atoms with E-state index in [1.165, 1.54) is 7.11 Å². The summed E-state index contributed by atoms with van der Waals surface area (Å²) in [5, 5.41) is 0. The van der Waals surface area contributed by atoms with Crippen molar-refractivity contribution in [2.45, 2.75) is 6.29 Å². The van der Waals surface area contributed by atoms with Gasteiger partial charge in [-0.15, -0.1) is 0 Å². The van der Waals surface area contributed by atoms with Crippen LogP contribution in [0.4, 0.5) is 0 Å². The number of rotatable bonds is 5. The van der Waals surface area contributed by atoms with Gasteiger partial charge in [0.1, 0.15) is 5.75 Å². The SMILES string of the molecule is COC(=O)c1ccc(Oc2cc(C3OCCO3)ccc2OC)cc1. The summed E-state index contributed by atoms with van der Waals surface area (Å²) < 4.78 is 26.9. The molecular weight excluding hydrogens is 312 g/mol. The van der Waals surface area contributed by atoms with Gasteiger partial charge < -0.3 is 23.7 Å². The van der Waals surface area contributed by atoms with Crippen LogP contribution >= 0.6 is 0 Å². The second-order valence-corrected chi connectivity index (χ2v) is 5.10. The molecule has 24 heavy (non-hydrogen) atoms. The fraction of sp³-hybridized carbons (Fsp3) is 0.278. The fourth-order valence-electron chi connectivity index (χ4n) is 2.37. The predicted molar refractivity (Wildman–Crippen MR) is 85.5 cm³/mol. The van der Waals surface area contributed by atoms with Crippen molar-refractivity contribution in [1.82, 2.24) is 0 Å². The zero-order valence-corrected chi connectivity index (χ0v) is 13.5. The van der Waals surface area contributed by atoms with Crippen LogP contribution in [0, 0.1) is 0 Å². The Morgan fingerprint density at radius 2 is 1.71 bits per heavy atom. The van der Waals surface area contributed by atoms with Gasteiger partial charge in [0.15, 0.2) is 17.8 Å². The van der Waals surface area contributed by atoms with E-state index >= 15 is 0 Å². The number of benzene rings is 2. The quantitative estimate of drug-likeness (QED) is 0.784. The summed E-state index contributed by atoms with van der Waals surface area (Å²) in [6.07, 6.45) is -0.389. The molecule has 0 atom stereocenters. The maximum Gasteiger partial charge on any atom is 0.337 e. The molecule has 0 N–H and O–H groups in total. The lowest BCUT2D eigenvalue weighted by Gasteiger charge is -2.14. The second kappa shape index (κ2) is 7.33. The van der Waals surface area contributed by atoms with Gasteiger partial charge in [0.05, 0.1) is 33.0 Å². The third kappa shape index (κ3) is 3.50. The molecule has 1 saturated heterocycles. The van der Waals surface area contributed by atoms with Crippen molar-refractivity contribution in [2.75, 3.05) is 27.4 Å². The van der Waals surface area contributed by atoms with Crippen LogP contribution in [-0.2, 0) is 14.2 Å². The number of ether oxygens (including phenoxy) is 5. The Balaban J connectivity index is 1.82. The molecule has 1 aliphatic rings. The molecule has 0 aliphatic carbocycles. The highest BCUT2D eigenvalue weighted by Gasteiger charge is 2.20. The molecule has 0 aromatic heterocycles. The third-order valence-corrected chi connectivity index (χ3v) is 3.58. The topological polar surface area (TPSA) is 63.2 Å². The first-order valence-corrected chi connectivity index (χ1v) is 7.48.